The molecule has 0 fully saturated rings. The van der Waals surface area contributed by atoms with Crippen molar-refractivity contribution in [2.75, 3.05) is 6.54 Å². The second-order valence-corrected chi connectivity index (χ2v) is 12.1. The maximum absolute atomic E-state index is 3.52. The van der Waals surface area contributed by atoms with Crippen LogP contribution < -0.4 is 10.5 Å². The third-order valence-electron chi connectivity index (χ3n) is 3.28. The van der Waals surface area contributed by atoms with E-state index in [0.29, 0.717) is 0 Å². The Balaban J connectivity index is 1.77. The molecule has 0 aliphatic heterocycles. The second kappa shape index (κ2) is 6.50. The average Bonchev–Trinajstić information content (AvgIpc) is 2.87. The standard InChI is InChI=1S/C16H23NSSi/c1-19(2,3)16-8-6-14(7-9-16)13-17-11-10-15-5-4-12-18-15/h4-9,12,17H,10-11,13H2,1-3H3. The molecular formula is C16H23NSSi. The first-order valence-electron chi connectivity index (χ1n) is 6.88. The highest BCUT2D eigenvalue weighted by atomic mass is 32.1. The van der Waals surface area contributed by atoms with Crippen molar-refractivity contribution in [3.63, 3.8) is 0 Å². The minimum atomic E-state index is -1.15. The van der Waals surface area contributed by atoms with E-state index in [4.69, 9.17) is 0 Å². The lowest BCUT2D eigenvalue weighted by Crippen LogP contribution is -2.37. The molecule has 0 radical (unpaired) electrons. The highest BCUT2D eigenvalue weighted by Crippen LogP contribution is 2.08. The van der Waals surface area contributed by atoms with Gasteiger partial charge in [-0.05, 0) is 23.4 Å². The Morgan fingerprint density at radius 3 is 2.37 bits per heavy atom. The van der Waals surface area contributed by atoms with E-state index in [0.717, 1.165) is 19.5 Å². The molecule has 1 nitrogen and oxygen atoms in total. The molecule has 0 aliphatic carbocycles. The monoisotopic (exact) mass is 289 g/mol. The van der Waals surface area contributed by atoms with Gasteiger partial charge in [0.15, 0.2) is 0 Å². The zero-order valence-corrected chi connectivity index (χ0v) is 13.9. The molecule has 1 aromatic carbocycles. The molecule has 0 aliphatic rings. The first kappa shape index (κ1) is 14.5. The Hall–Kier alpha value is -0.903. The normalized spacial score (nSPS) is 11.7. The van der Waals surface area contributed by atoms with Crippen molar-refractivity contribution in [2.24, 2.45) is 0 Å². The van der Waals surface area contributed by atoms with E-state index < -0.39 is 8.07 Å². The Morgan fingerprint density at radius 1 is 1.05 bits per heavy atom. The molecule has 19 heavy (non-hydrogen) atoms. The first-order chi connectivity index (χ1) is 9.05. The van der Waals surface area contributed by atoms with E-state index in [2.05, 4.69) is 66.7 Å². The van der Waals surface area contributed by atoms with Gasteiger partial charge in [0.2, 0.25) is 0 Å². The molecule has 0 amide bonds. The Labute approximate surface area is 121 Å². The van der Waals surface area contributed by atoms with Gasteiger partial charge < -0.3 is 5.32 Å². The zero-order chi connectivity index (χ0) is 13.7. The molecule has 0 saturated heterocycles. The minimum absolute atomic E-state index is 0.970. The summed E-state index contributed by atoms with van der Waals surface area (Å²) in [7, 11) is -1.15. The van der Waals surface area contributed by atoms with Crippen LogP contribution in [0.25, 0.3) is 0 Å². The number of hydrogen-bond acceptors (Lipinski definition) is 2. The topological polar surface area (TPSA) is 12.0 Å². The van der Waals surface area contributed by atoms with E-state index in [1.54, 1.807) is 0 Å². The van der Waals surface area contributed by atoms with Gasteiger partial charge in [0.1, 0.15) is 0 Å². The average molecular weight is 290 g/mol. The number of rotatable bonds is 6. The highest BCUT2D eigenvalue weighted by molar-refractivity contribution is 7.09. The minimum Gasteiger partial charge on any atom is -0.312 e. The van der Waals surface area contributed by atoms with E-state index in [9.17, 15) is 0 Å². The van der Waals surface area contributed by atoms with Gasteiger partial charge in [-0.3, -0.25) is 0 Å². The summed E-state index contributed by atoms with van der Waals surface area (Å²) in [6, 6.07) is 13.5. The molecule has 1 heterocycles. The van der Waals surface area contributed by atoms with Gasteiger partial charge in [-0.25, -0.2) is 0 Å². The number of benzene rings is 1. The van der Waals surface area contributed by atoms with Gasteiger partial charge in [0, 0.05) is 18.0 Å². The molecule has 1 N–H and O–H groups in total. The van der Waals surface area contributed by atoms with E-state index in [1.165, 1.54) is 15.6 Å². The van der Waals surface area contributed by atoms with Crippen molar-refractivity contribution in [3.05, 3.63) is 52.2 Å². The maximum Gasteiger partial charge on any atom is 0.0775 e. The Kier molecular flexibility index (Phi) is 4.97. The fourth-order valence-electron chi connectivity index (χ4n) is 2.02. The molecule has 2 aromatic rings. The summed E-state index contributed by atoms with van der Waals surface area (Å²) in [6.45, 7) is 9.19. The summed E-state index contributed by atoms with van der Waals surface area (Å²) in [6.07, 6.45) is 1.13. The summed E-state index contributed by atoms with van der Waals surface area (Å²) in [5.74, 6) is 0. The van der Waals surface area contributed by atoms with Crippen molar-refractivity contribution in [3.8, 4) is 0 Å². The molecule has 3 heteroatoms. The summed E-state index contributed by atoms with van der Waals surface area (Å²) < 4.78 is 0. The number of hydrogen-bond donors (Lipinski definition) is 1. The molecule has 2 rings (SSSR count). The molecule has 0 bridgehead atoms. The van der Waals surface area contributed by atoms with Crippen LogP contribution in [-0.4, -0.2) is 14.6 Å². The number of nitrogens with one attached hydrogen (secondary N) is 1. The quantitative estimate of drug-likeness (QED) is 0.632. The summed E-state index contributed by atoms with van der Waals surface area (Å²) in [5.41, 5.74) is 1.38. The van der Waals surface area contributed by atoms with Crippen LogP contribution in [-0.2, 0) is 13.0 Å². The van der Waals surface area contributed by atoms with Crippen LogP contribution in [0.3, 0.4) is 0 Å². The SMILES string of the molecule is C[Si](C)(C)c1ccc(CNCCc2cccs2)cc1. The van der Waals surface area contributed by atoms with E-state index in [1.807, 2.05) is 11.3 Å². The smallest absolute Gasteiger partial charge is 0.0775 e. The van der Waals surface area contributed by atoms with Gasteiger partial charge >= 0.3 is 0 Å². The van der Waals surface area contributed by atoms with E-state index >= 15 is 0 Å². The lowest BCUT2D eigenvalue weighted by atomic mass is 10.2. The van der Waals surface area contributed by atoms with Crippen LogP contribution >= 0.6 is 11.3 Å². The van der Waals surface area contributed by atoms with Gasteiger partial charge in [0.25, 0.3) is 0 Å². The second-order valence-electron chi connectivity index (χ2n) is 5.95. The largest absolute Gasteiger partial charge is 0.312 e. The molecule has 0 saturated carbocycles. The third-order valence-corrected chi connectivity index (χ3v) is 6.28. The maximum atomic E-state index is 3.52. The molecule has 1 aromatic heterocycles. The fraction of sp³-hybridized carbons (Fsp3) is 0.375. The molecular weight excluding hydrogens is 266 g/mol. The van der Waals surface area contributed by atoms with Crippen molar-refractivity contribution < 1.29 is 0 Å². The van der Waals surface area contributed by atoms with Crippen LogP contribution in [0.5, 0.6) is 0 Å². The van der Waals surface area contributed by atoms with Crippen LogP contribution in [0.2, 0.25) is 19.6 Å². The van der Waals surface area contributed by atoms with Crippen molar-refractivity contribution in [1.29, 1.82) is 0 Å². The Morgan fingerprint density at radius 2 is 1.79 bits per heavy atom. The van der Waals surface area contributed by atoms with Crippen molar-refractivity contribution in [1.82, 2.24) is 5.32 Å². The van der Waals surface area contributed by atoms with Crippen LogP contribution in [0.15, 0.2) is 41.8 Å². The van der Waals surface area contributed by atoms with Crippen LogP contribution in [0, 0.1) is 0 Å². The van der Waals surface area contributed by atoms with Crippen molar-refractivity contribution in [2.45, 2.75) is 32.6 Å². The predicted octanol–water partition coefficient (Wildman–Crippen LogP) is 3.63. The van der Waals surface area contributed by atoms with Gasteiger partial charge in [-0.15, -0.1) is 11.3 Å². The van der Waals surface area contributed by atoms with Crippen LogP contribution in [0.4, 0.5) is 0 Å². The van der Waals surface area contributed by atoms with E-state index in [-0.39, 0.29) is 0 Å². The molecule has 0 atom stereocenters. The summed E-state index contributed by atoms with van der Waals surface area (Å²) in [4.78, 5) is 1.46. The van der Waals surface area contributed by atoms with Gasteiger partial charge in [-0.2, -0.15) is 0 Å². The van der Waals surface area contributed by atoms with Gasteiger partial charge in [0.05, 0.1) is 8.07 Å². The molecule has 0 unspecified atom stereocenters. The zero-order valence-electron chi connectivity index (χ0n) is 12.1. The molecule has 0 spiro atoms. The Bertz CT molecular complexity index is 482. The van der Waals surface area contributed by atoms with Gasteiger partial charge in [-0.1, -0.05) is 55.2 Å². The third kappa shape index (κ3) is 4.60. The predicted molar refractivity (Wildman–Crippen MR) is 89.2 cm³/mol. The fourth-order valence-corrected chi connectivity index (χ4v) is 3.90. The first-order valence-corrected chi connectivity index (χ1v) is 11.3. The lowest BCUT2D eigenvalue weighted by Gasteiger charge is -2.16. The summed E-state index contributed by atoms with van der Waals surface area (Å²) in [5, 5.41) is 7.20. The van der Waals surface area contributed by atoms with Crippen LogP contribution in [0.1, 0.15) is 10.4 Å². The lowest BCUT2D eigenvalue weighted by molar-refractivity contribution is 0.691. The summed E-state index contributed by atoms with van der Waals surface area (Å²) >= 11 is 1.84. The number of thiophene rings is 1. The molecule has 102 valence electrons. The van der Waals surface area contributed by atoms with Crippen molar-refractivity contribution >= 4 is 24.6 Å². The highest BCUT2D eigenvalue weighted by Gasteiger charge is 2.15.